The summed E-state index contributed by atoms with van der Waals surface area (Å²) < 4.78 is 4.62. The van der Waals surface area contributed by atoms with Crippen LogP contribution in [-0.4, -0.2) is 37.6 Å². The van der Waals surface area contributed by atoms with Crippen LogP contribution in [0, 0.1) is 5.92 Å². The van der Waals surface area contributed by atoms with Crippen molar-refractivity contribution in [2.45, 2.75) is 40.0 Å². The summed E-state index contributed by atoms with van der Waals surface area (Å²) in [5.41, 5.74) is 0. The van der Waals surface area contributed by atoms with Gasteiger partial charge in [-0.3, -0.25) is 4.79 Å². The molecule has 0 N–H and O–H groups in total. The van der Waals surface area contributed by atoms with Gasteiger partial charge in [0.05, 0.1) is 7.11 Å². The minimum absolute atomic E-state index is 0.0929. The van der Waals surface area contributed by atoms with Gasteiger partial charge in [0.25, 0.3) is 0 Å². The van der Waals surface area contributed by atoms with Gasteiger partial charge in [0.15, 0.2) is 0 Å². The first-order chi connectivity index (χ1) is 7.13. The Hall–Kier alpha value is -0.570. The SMILES string of the molecule is CCN(CC)CCC(C)CCC(=O)OC. The fourth-order valence-corrected chi connectivity index (χ4v) is 1.55. The Balaban J connectivity index is 3.56. The van der Waals surface area contributed by atoms with E-state index in [4.69, 9.17) is 0 Å². The first kappa shape index (κ1) is 14.4. The Morgan fingerprint density at radius 3 is 2.33 bits per heavy atom. The lowest BCUT2D eigenvalue weighted by Gasteiger charge is -2.20. The van der Waals surface area contributed by atoms with Gasteiger partial charge < -0.3 is 9.64 Å². The van der Waals surface area contributed by atoms with Crippen molar-refractivity contribution in [1.82, 2.24) is 4.90 Å². The molecule has 1 unspecified atom stereocenters. The van der Waals surface area contributed by atoms with Crippen LogP contribution in [-0.2, 0) is 9.53 Å². The van der Waals surface area contributed by atoms with Crippen LogP contribution in [0.25, 0.3) is 0 Å². The van der Waals surface area contributed by atoms with Crippen LogP contribution in [0.4, 0.5) is 0 Å². The van der Waals surface area contributed by atoms with Gasteiger partial charge in [0.2, 0.25) is 0 Å². The summed E-state index contributed by atoms with van der Waals surface area (Å²) in [7, 11) is 1.45. The predicted molar refractivity (Wildman–Crippen MR) is 62.8 cm³/mol. The smallest absolute Gasteiger partial charge is 0.305 e. The Bertz CT molecular complexity index is 167. The molecule has 0 aliphatic heterocycles. The monoisotopic (exact) mass is 215 g/mol. The summed E-state index contributed by atoms with van der Waals surface area (Å²) in [5.74, 6) is 0.509. The summed E-state index contributed by atoms with van der Waals surface area (Å²) >= 11 is 0. The molecule has 0 saturated heterocycles. The quantitative estimate of drug-likeness (QED) is 0.582. The first-order valence-corrected chi connectivity index (χ1v) is 5.93. The zero-order chi connectivity index (χ0) is 11.7. The summed E-state index contributed by atoms with van der Waals surface area (Å²) in [6, 6.07) is 0. The zero-order valence-electron chi connectivity index (χ0n) is 10.6. The molecule has 0 radical (unpaired) electrons. The zero-order valence-corrected chi connectivity index (χ0v) is 10.6. The van der Waals surface area contributed by atoms with E-state index in [0.717, 1.165) is 26.1 Å². The topological polar surface area (TPSA) is 29.5 Å². The van der Waals surface area contributed by atoms with E-state index in [2.05, 4.69) is 30.4 Å². The van der Waals surface area contributed by atoms with Crippen molar-refractivity contribution in [3.63, 3.8) is 0 Å². The normalized spacial score (nSPS) is 12.9. The highest BCUT2D eigenvalue weighted by atomic mass is 16.5. The van der Waals surface area contributed by atoms with Crippen LogP contribution >= 0.6 is 0 Å². The third-order valence-electron chi connectivity index (χ3n) is 2.90. The molecule has 0 aromatic carbocycles. The number of carbonyl (C=O) groups excluding carboxylic acids is 1. The molecule has 90 valence electrons. The van der Waals surface area contributed by atoms with Crippen LogP contribution in [0.2, 0.25) is 0 Å². The van der Waals surface area contributed by atoms with Gasteiger partial charge in [-0.05, 0) is 38.4 Å². The number of hydrogen-bond acceptors (Lipinski definition) is 3. The van der Waals surface area contributed by atoms with E-state index in [1.165, 1.54) is 13.5 Å². The van der Waals surface area contributed by atoms with Crippen molar-refractivity contribution in [2.24, 2.45) is 5.92 Å². The molecule has 0 aromatic heterocycles. The maximum atomic E-state index is 10.9. The lowest BCUT2D eigenvalue weighted by atomic mass is 10.0. The number of methoxy groups -OCH3 is 1. The lowest BCUT2D eigenvalue weighted by molar-refractivity contribution is -0.140. The van der Waals surface area contributed by atoms with Crippen LogP contribution < -0.4 is 0 Å². The van der Waals surface area contributed by atoms with Crippen LogP contribution in [0.1, 0.15) is 40.0 Å². The first-order valence-electron chi connectivity index (χ1n) is 5.93. The summed E-state index contributed by atoms with van der Waals surface area (Å²) in [6.45, 7) is 9.92. The number of esters is 1. The molecule has 3 heteroatoms. The predicted octanol–water partition coefficient (Wildman–Crippen LogP) is 2.31. The van der Waals surface area contributed by atoms with Gasteiger partial charge in [-0.15, -0.1) is 0 Å². The molecule has 0 bridgehead atoms. The molecule has 15 heavy (non-hydrogen) atoms. The van der Waals surface area contributed by atoms with E-state index in [9.17, 15) is 4.79 Å². The van der Waals surface area contributed by atoms with E-state index in [1.54, 1.807) is 0 Å². The molecule has 0 heterocycles. The number of carbonyl (C=O) groups is 1. The Morgan fingerprint density at radius 1 is 1.27 bits per heavy atom. The summed E-state index contributed by atoms with van der Waals surface area (Å²) in [4.78, 5) is 13.3. The molecule has 3 nitrogen and oxygen atoms in total. The molecule has 0 aromatic rings. The van der Waals surface area contributed by atoms with Crippen molar-refractivity contribution in [3.8, 4) is 0 Å². The molecule has 1 atom stereocenters. The minimum atomic E-state index is -0.0929. The Kier molecular flexibility index (Phi) is 8.38. The van der Waals surface area contributed by atoms with E-state index in [-0.39, 0.29) is 5.97 Å². The molecular formula is C12H25NO2. The highest BCUT2D eigenvalue weighted by molar-refractivity contribution is 5.69. The minimum Gasteiger partial charge on any atom is -0.469 e. The van der Waals surface area contributed by atoms with Gasteiger partial charge in [-0.1, -0.05) is 20.8 Å². The molecule has 0 amide bonds. The maximum Gasteiger partial charge on any atom is 0.305 e. The van der Waals surface area contributed by atoms with Gasteiger partial charge in [-0.2, -0.15) is 0 Å². The average molecular weight is 215 g/mol. The molecule has 0 spiro atoms. The Labute approximate surface area is 93.8 Å². The second-order valence-electron chi connectivity index (χ2n) is 4.04. The van der Waals surface area contributed by atoms with Crippen molar-refractivity contribution in [3.05, 3.63) is 0 Å². The van der Waals surface area contributed by atoms with Crippen molar-refractivity contribution < 1.29 is 9.53 Å². The second-order valence-corrected chi connectivity index (χ2v) is 4.04. The fraction of sp³-hybridized carbons (Fsp3) is 0.917. The Morgan fingerprint density at radius 2 is 1.87 bits per heavy atom. The standard InChI is InChI=1S/C12H25NO2/c1-5-13(6-2)10-9-11(3)7-8-12(14)15-4/h11H,5-10H2,1-4H3. The molecular weight excluding hydrogens is 190 g/mol. The molecule has 0 rings (SSSR count). The van der Waals surface area contributed by atoms with E-state index in [0.29, 0.717) is 12.3 Å². The highest BCUT2D eigenvalue weighted by Crippen LogP contribution is 2.11. The molecule has 0 aliphatic carbocycles. The van der Waals surface area contributed by atoms with Crippen molar-refractivity contribution >= 4 is 5.97 Å². The van der Waals surface area contributed by atoms with Crippen molar-refractivity contribution in [2.75, 3.05) is 26.7 Å². The summed E-state index contributed by atoms with van der Waals surface area (Å²) in [6.07, 6.45) is 2.66. The number of nitrogens with zero attached hydrogens (tertiary/aromatic N) is 1. The fourth-order valence-electron chi connectivity index (χ4n) is 1.55. The maximum absolute atomic E-state index is 10.9. The van der Waals surface area contributed by atoms with Crippen LogP contribution in [0.3, 0.4) is 0 Å². The number of rotatable bonds is 8. The molecule has 0 fully saturated rings. The third-order valence-corrected chi connectivity index (χ3v) is 2.90. The number of hydrogen-bond donors (Lipinski definition) is 0. The van der Waals surface area contributed by atoms with E-state index in [1.807, 2.05) is 0 Å². The van der Waals surface area contributed by atoms with E-state index >= 15 is 0 Å². The summed E-state index contributed by atoms with van der Waals surface area (Å²) in [5, 5.41) is 0. The van der Waals surface area contributed by atoms with Gasteiger partial charge in [0, 0.05) is 6.42 Å². The van der Waals surface area contributed by atoms with Crippen molar-refractivity contribution in [1.29, 1.82) is 0 Å². The van der Waals surface area contributed by atoms with Gasteiger partial charge in [0.1, 0.15) is 0 Å². The van der Waals surface area contributed by atoms with E-state index < -0.39 is 0 Å². The van der Waals surface area contributed by atoms with Gasteiger partial charge in [-0.25, -0.2) is 0 Å². The largest absolute Gasteiger partial charge is 0.469 e. The average Bonchev–Trinajstić information content (AvgIpc) is 2.27. The third kappa shape index (κ3) is 7.37. The second kappa shape index (κ2) is 8.72. The lowest BCUT2D eigenvalue weighted by Crippen LogP contribution is -2.25. The molecule has 0 saturated carbocycles. The van der Waals surface area contributed by atoms with Crippen LogP contribution in [0.15, 0.2) is 0 Å². The molecule has 0 aliphatic rings. The highest BCUT2D eigenvalue weighted by Gasteiger charge is 2.08. The number of ether oxygens (including phenoxy) is 1. The van der Waals surface area contributed by atoms with Crippen LogP contribution in [0.5, 0.6) is 0 Å². The van der Waals surface area contributed by atoms with Gasteiger partial charge >= 0.3 is 5.97 Å².